The van der Waals surface area contributed by atoms with Crippen LogP contribution in [0.25, 0.3) is 0 Å². The van der Waals surface area contributed by atoms with Gasteiger partial charge < -0.3 is 10.1 Å². The number of ether oxygens (including phenoxy) is 1. The average molecular weight is 193 g/mol. The third kappa shape index (κ3) is 2.48. The van der Waals surface area contributed by atoms with Crippen LogP contribution in [0.2, 0.25) is 0 Å². The van der Waals surface area contributed by atoms with E-state index in [-0.39, 0.29) is 0 Å². The highest BCUT2D eigenvalue weighted by atomic mass is 16.5. The van der Waals surface area contributed by atoms with Crippen LogP contribution < -0.4 is 10.1 Å². The fourth-order valence-electron chi connectivity index (χ4n) is 1.55. The minimum absolute atomic E-state index is 0.502. The lowest BCUT2D eigenvalue weighted by Gasteiger charge is -2.13. The lowest BCUT2D eigenvalue weighted by molar-refractivity contribution is 0.407. The van der Waals surface area contributed by atoms with E-state index >= 15 is 0 Å². The first-order valence-electron chi connectivity index (χ1n) is 5.00. The molecule has 0 atom stereocenters. The summed E-state index contributed by atoms with van der Waals surface area (Å²) in [7, 11) is 3.68. The van der Waals surface area contributed by atoms with Crippen LogP contribution in [0, 0.1) is 0 Å². The first kappa shape index (κ1) is 11.1. The summed E-state index contributed by atoms with van der Waals surface area (Å²) < 4.78 is 5.32. The van der Waals surface area contributed by atoms with E-state index in [0.717, 1.165) is 12.3 Å². The van der Waals surface area contributed by atoms with Gasteiger partial charge >= 0.3 is 0 Å². The van der Waals surface area contributed by atoms with Crippen molar-refractivity contribution in [1.82, 2.24) is 5.32 Å². The number of hydrogen-bond donors (Lipinski definition) is 1. The van der Waals surface area contributed by atoms with E-state index < -0.39 is 0 Å². The van der Waals surface area contributed by atoms with Crippen molar-refractivity contribution in [1.29, 1.82) is 0 Å². The molecule has 0 spiro atoms. The van der Waals surface area contributed by atoms with Gasteiger partial charge in [-0.15, -0.1) is 0 Å². The summed E-state index contributed by atoms with van der Waals surface area (Å²) in [6.45, 7) is 5.27. The zero-order valence-electron chi connectivity index (χ0n) is 9.42. The molecule has 78 valence electrons. The van der Waals surface area contributed by atoms with Gasteiger partial charge in [0.15, 0.2) is 0 Å². The molecule has 0 saturated heterocycles. The number of rotatable bonds is 4. The van der Waals surface area contributed by atoms with Gasteiger partial charge in [-0.25, -0.2) is 0 Å². The maximum Gasteiger partial charge on any atom is 0.122 e. The fraction of sp³-hybridized carbons (Fsp3) is 0.500. The second kappa shape index (κ2) is 5.01. The molecule has 1 rings (SSSR count). The fourth-order valence-corrected chi connectivity index (χ4v) is 1.55. The maximum atomic E-state index is 5.32. The number of hydrogen-bond acceptors (Lipinski definition) is 2. The van der Waals surface area contributed by atoms with Crippen molar-refractivity contribution in [3.63, 3.8) is 0 Å². The second-order valence-corrected chi connectivity index (χ2v) is 3.76. The third-order valence-corrected chi connectivity index (χ3v) is 2.30. The van der Waals surface area contributed by atoms with Crippen molar-refractivity contribution < 1.29 is 4.74 Å². The molecule has 0 aliphatic carbocycles. The molecule has 0 aliphatic rings. The normalized spacial score (nSPS) is 10.6. The van der Waals surface area contributed by atoms with E-state index in [9.17, 15) is 0 Å². The summed E-state index contributed by atoms with van der Waals surface area (Å²) in [4.78, 5) is 0. The van der Waals surface area contributed by atoms with E-state index in [1.165, 1.54) is 11.1 Å². The molecule has 0 radical (unpaired) electrons. The van der Waals surface area contributed by atoms with Crippen molar-refractivity contribution in [2.45, 2.75) is 26.3 Å². The average Bonchev–Trinajstić information content (AvgIpc) is 2.18. The van der Waals surface area contributed by atoms with E-state index in [2.05, 4.69) is 31.3 Å². The summed E-state index contributed by atoms with van der Waals surface area (Å²) in [6.07, 6.45) is 0. The molecule has 0 aromatic heterocycles. The molecule has 14 heavy (non-hydrogen) atoms. The molecule has 2 heteroatoms. The zero-order chi connectivity index (χ0) is 10.6. The predicted molar refractivity (Wildman–Crippen MR) is 59.8 cm³/mol. The summed E-state index contributed by atoms with van der Waals surface area (Å²) in [6, 6.07) is 6.35. The third-order valence-electron chi connectivity index (χ3n) is 2.30. The molecule has 0 saturated carbocycles. The van der Waals surface area contributed by atoms with Crippen molar-refractivity contribution in [2.24, 2.45) is 0 Å². The van der Waals surface area contributed by atoms with Gasteiger partial charge in [-0.05, 0) is 30.2 Å². The molecule has 0 aliphatic heterocycles. The molecular formula is C12H19NO. The Morgan fingerprint density at radius 1 is 1.36 bits per heavy atom. The van der Waals surface area contributed by atoms with Crippen LogP contribution in [-0.4, -0.2) is 14.2 Å². The Bertz CT molecular complexity index is 294. The topological polar surface area (TPSA) is 21.3 Å². The number of methoxy groups -OCH3 is 1. The maximum absolute atomic E-state index is 5.32. The minimum atomic E-state index is 0.502. The number of nitrogens with one attached hydrogen (secondary N) is 1. The van der Waals surface area contributed by atoms with Crippen molar-refractivity contribution >= 4 is 0 Å². The first-order valence-corrected chi connectivity index (χ1v) is 5.00. The van der Waals surface area contributed by atoms with Crippen molar-refractivity contribution in [3.8, 4) is 5.75 Å². The SMILES string of the molecule is CNCc1ccc(OC)c(C(C)C)c1. The molecule has 1 aromatic carbocycles. The van der Waals surface area contributed by atoms with Crippen LogP contribution in [0.1, 0.15) is 30.9 Å². The Morgan fingerprint density at radius 2 is 2.07 bits per heavy atom. The summed E-state index contributed by atoms with van der Waals surface area (Å²) >= 11 is 0. The Kier molecular flexibility index (Phi) is 3.96. The van der Waals surface area contributed by atoms with Crippen LogP contribution in [0.5, 0.6) is 5.75 Å². The van der Waals surface area contributed by atoms with Crippen LogP contribution >= 0.6 is 0 Å². The number of benzene rings is 1. The monoisotopic (exact) mass is 193 g/mol. The smallest absolute Gasteiger partial charge is 0.122 e. The van der Waals surface area contributed by atoms with Gasteiger partial charge in [-0.3, -0.25) is 0 Å². The Morgan fingerprint density at radius 3 is 2.57 bits per heavy atom. The molecule has 2 nitrogen and oxygen atoms in total. The van der Waals surface area contributed by atoms with Gasteiger partial charge in [0.05, 0.1) is 7.11 Å². The van der Waals surface area contributed by atoms with Gasteiger partial charge in [0.25, 0.3) is 0 Å². The Balaban J connectivity index is 3.01. The van der Waals surface area contributed by atoms with E-state index in [0.29, 0.717) is 5.92 Å². The molecule has 0 heterocycles. The molecule has 0 fully saturated rings. The van der Waals surface area contributed by atoms with Crippen LogP contribution in [-0.2, 0) is 6.54 Å². The molecule has 0 unspecified atom stereocenters. The lowest BCUT2D eigenvalue weighted by atomic mass is 9.99. The van der Waals surface area contributed by atoms with Crippen molar-refractivity contribution in [2.75, 3.05) is 14.2 Å². The van der Waals surface area contributed by atoms with Crippen LogP contribution in [0.3, 0.4) is 0 Å². The molecular weight excluding hydrogens is 174 g/mol. The van der Waals surface area contributed by atoms with Gasteiger partial charge in [-0.1, -0.05) is 26.0 Å². The van der Waals surface area contributed by atoms with Crippen LogP contribution in [0.15, 0.2) is 18.2 Å². The van der Waals surface area contributed by atoms with Gasteiger partial charge in [0.1, 0.15) is 5.75 Å². The highest BCUT2D eigenvalue weighted by Crippen LogP contribution is 2.27. The second-order valence-electron chi connectivity index (χ2n) is 3.76. The first-order chi connectivity index (χ1) is 6.69. The molecule has 0 bridgehead atoms. The Labute approximate surface area is 86.3 Å². The van der Waals surface area contributed by atoms with Crippen molar-refractivity contribution in [3.05, 3.63) is 29.3 Å². The Hall–Kier alpha value is -1.02. The zero-order valence-corrected chi connectivity index (χ0v) is 9.42. The van der Waals surface area contributed by atoms with E-state index in [1.807, 2.05) is 13.1 Å². The van der Waals surface area contributed by atoms with E-state index in [1.54, 1.807) is 7.11 Å². The highest BCUT2D eigenvalue weighted by Gasteiger charge is 2.07. The largest absolute Gasteiger partial charge is 0.496 e. The lowest BCUT2D eigenvalue weighted by Crippen LogP contribution is -2.06. The standard InChI is InChI=1S/C12H19NO/c1-9(2)11-7-10(8-13-3)5-6-12(11)14-4/h5-7,9,13H,8H2,1-4H3. The minimum Gasteiger partial charge on any atom is -0.496 e. The van der Waals surface area contributed by atoms with Gasteiger partial charge in [0, 0.05) is 6.54 Å². The van der Waals surface area contributed by atoms with Gasteiger partial charge in [-0.2, -0.15) is 0 Å². The quantitative estimate of drug-likeness (QED) is 0.793. The highest BCUT2D eigenvalue weighted by molar-refractivity contribution is 5.39. The molecule has 1 N–H and O–H groups in total. The van der Waals surface area contributed by atoms with Gasteiger partial charge in [0.2, 0.25) is 0 Å². The molecule has 0 amide bonds. The van der Waals surface area contributed by atoms with Crippen LogP contribution in [0.4, 0.5) is 0 Å². The van der Waals surface area contributed by atoms with E-state index in [4.69, 9.17) is 4.74 Å². The predicted octanol–water partition coefficient (Wildman–Crippen LogP) is 2.54. The molecule has 1 aromatic rings. The summed E-state index contributed by atoms with van der Waals surface area (Å²) in [5, 5.41) is 3.15. The summed E-state index contributed by atoms with van der Waals surface area (Å²) in [5.74, 6) is 1.49. The summed E-state index contributed by atoms with van der Waals surface area (Å²) in [5.41, 5.74) is 2.58.